The van der Waals surface area contributed by atoms with Crippen molar-refractivity contribution in [1.82, 2.24) is 10.2 Å². The minimum atomic E-state index is -0.869. The number of thiophene rings is 1. The molecular formula is C11H16N2O2S2. The Bertz CT molecular complexity index is 419. The molecule has 1 aliphatic heterocycles. The highest BCUT2D eigenvalue weighted by atomic mass is 32.2. The molecule has 1 aliphatic rings. The number of hydrogen-bond donors (Lipinski definition) is 1. The molecule has 1 aromatic rings. The van der Waals surface area contributed by atoms with E-state index in [1.807, 2.05) is 23.8 Å². The van der Waals surface area contributed by atoms with Gasteiger partial charge in [-0.05, 0) is 29.3 Å². The summed E-state index contributed by atoms with van der Waals surface area (Å²) < 4.78 is 11.1. The quantitative estimate of drug-likeness (QED) is 0.887. The average molecular weight is 272 g/mol. The summed E-state index contributed by atoms with van der Waals surface area (Å²) in [7, 11) is -0.869. The van der Waals surface area contributed by atoms with Crippen molar-refractivity contribution < 1.29 is 9.00 Å². The van der Waals surface area contributed by atoms with E-state index in [4.69, 9.17) is 0 Å². The van der Waals surface area contributed by atoms with Crippen LogP contribution >= 0.6 is 11.3 Å². The number of carbonyl (C=O) groups excluding carboxylic acids is 1. The lowest BCUT2D eigenvalue weighted by Crippen LogP contribution is -2.33. The van der Waals surface area contributed by atoms with Crippen LogP contribution in [0, 0.1) is 0 Å². The molecule has 1 amide bonds. The Balaban J connectivity index is 2.13. The summed E-state index contributed by atoms with van der Waals surface area (Å²) in [5.74, 6) is 0.618. The van der Waals surface area contributed by atoms with E-state index in [1.54, 1.807) is 22.5 Å². The average Bonchev–Trinajstić information content (AvgIpc) is 2.87. The SMILES string of the molecule is CC1NC(c2ccsc2)N(CCS(C)=O)C1=O. The number of amides is 1. The first kappa shape index (κ1) is 12.7. The summed E-state index contributed by atoms with van der Waals surface area (Å²) in [5.41, 5.74) is 1.11. The van der Waals surface area contributed by atoms with E-state index in [-0.39, 0.29) is 18.1 Å². The largest absolute Gasteiger partial charge is 0.321 e. The third-order valence-electron chi connectivity index (χ3n) is 2.85. The molecular weight excluding hydrogens is 256 g/mol. The molecule has 1 saturated heterocycles. The third-order valence-corrected chi connectivity index (χ3v) is 4.31. The van der Waals surface area contributed by atoms with Gasteiger partial charge in [-0.15, -0.1) is 0 Å². The van der Waals surface area contributed by atoms with Gasteiger partial charge in [0.15, 0.2) is 0 Å². The van der Waals surface area contributed by atoms with Crippen LogP contribution in [-0.4, -0.2) is 39.6 Å². The summed E-state index contributed by atoms with van der Waals surface area (Å²) >= 11 is 1.62. The van der Waals surface area contributed by atoms with Crippen LogP contribution in [-0.2, 0) is 15.6 Å². The van der Waals surface area contributed by atoms with Gasteiger partial charge in [0.1, 0.15) is 6.17 Å². The smallest absolute Gasteiger partial charge is 0.241 e. The lowest BCUT2D eigenvalue weighted by atomic mass is 10.2. The third kappa shape index (κ3) is 2.75. The van der Waals surface area contributed by atoms with Crippen molar-refractivity contribution in [3.05, 3.63) is 22.4 Å². The Morgan fingerprint density at radius 2 is 2.35 bits per heavy atom. The lowest BCUT2D eigenvalue weighted by molar-refractivity contribution is -0.129. The van der Waals surface area contributed by atoms with Gasteiger partial charge in [0.2, 0.25) is 5.91 Å². The summed E-state index contributed by atoms with van der Waals surface area (Å²) in [5, 5.41) is 7.31. The Hall–Kier alpha value is -0.720. The van der Waals surface area contributed by atoms with E-state index in [1.165, 1.54) is 0 Å². The van der Waals surface area contributed by atoms with E-state index in [0.717, 1.165) is 5.56 Å². The van der Waals surface area contributed by atoms with Crippen LogP contribution in [0.4, 0.5) is 0 Å². The Kier molecular flexibility index (Phi) is 3.96. The van der Waals surface area contributed by atoms with Gasteiger partial charge in [-0.1, -0.05) is 0 Å². The predicted octanol–water partition coefficient (Wildman–Crippen LogP) is 0.946. The monoisotopic (exact) mass is 272 g/mol. The zero-order chi connectivity index (χ0) is 12.4. The van der Waals surface area contributed by atoms with Crippen molar-refractivity contribution >= 4 is 28.0 Å². The molecule has 1 N–H and O–H groups in total. The van der Waals surface area contributed by atoms with E-state index in [9.17, 15) is 9.00 Å². The first-order valence-electron chi connectivity index (χ1n) is 5.48. The molecule has 94 valence electrons. The normalized spacial score (nSPS) is 26.5. The molecule has 3 atom stereocenters. The van der Waals surface area contributed by atoms with Crippen molar-refractivity contribution in [1.29, 1.82) is 0 Å². The van der Waals surface area contributed by atoms with Crippen molar-refractivity contribution in [3.8, 4) is 0 Å². The van der Waals surface area contributed by atoms with Crippen molar-refractivity contribution in [2.45, 2.75) is 19.1 Å². The molecule has 3 unspecified atom stereocenters. The molecule has 0 aliphatic carbocycles. The molecule has 0 aromatic carbocycles. The molecule has 6 heteroatoms. The highest BCUT2D eigenvalue weighted by molar-refractivity contribution is 7.84. The standard InChI is InChI=1S/C11H16N2O2S2/c1-8-11(14)13(4-6-17(2)15)10(12-8)9-3-5-16-7-9/h3,5,7-8,10,12H,4,6H2,1-2H3. The predicted molar refractivity (Wildman–Crippen MR) is 70.3 cm³/mol. The van der Waals surface area contributed by atoms with Gasteiger partial charge in [-0.3, -0.25) is 14.3 Å². The highest BCUT2D eigenvalue weighted by Gasteiger charge is 2.36. The number of hydrogen-bond acceptors (Lipinski definition) is 4. The van der Waals surface area contributed by atoms with Crippen LogP contribution in [0.1, 0.15) is 18.7 Å². The van der Waals surface area contributed by atoms with Crippen molar-refractivity contribution in [2.24, 2.45) is 0 Å². The Morgan fingerprint density at radius 1 is 1.59 bits per heavy atom. The molecule has 4 nitrogen and oxygen atoms in total. The molecule has 2 heterocycles. The van der Waals surface area contributed by atoms with Crippen LogP contribution in [0.3, 0.4) is 0 Å². The molecule has 2 rings (SSSR count). The van der Waals surface area contributed by atoms with Gasteiger partial charge < -0.3 is 4.90 Å². The van der Waals surface area contributed by atoms with Crippen LogP contribution < -0.4 is 5.32 Å². The molecule has 0 spiro atoms. The first-order valence-corrected chi connectivity index (χ1v) is 8.15. The molecule has 0 saturated carbocycles. The zero-order valence-corrected chi connectivity index (χ0v) is 11.5. The van der Waals surface area contributed by atoms with Gasteiger partial charge in [-0.2, -0.15) is 11.3 Å². The summed E-state index contributed by atoms with van der Waals surface area (Å²) in [6, 6.07) is 1.86. The zero-order valence-electron chi connectivity index (χ0n) is 9.88. The molecule has 0 bridgehead atoms. The van der Waals surface area contributed by atoms with Gasteiger partial charge in [0.25, 0.3) is 0 Å². The molecule has 1 fully saturated rings. The van der Waals surface area contributed by atoms with Crippen LogP contribution in [0.15, 0.2) is 16.8 Å². The van der Waals surface area contributed by atoms with Gasteiger partial charge in [-0.25, -0.2) is 0 Å². The fourth-order valence-electron chi connectivity index (χ4n) is 1.95. The second-order valence-corrected chi connectivity index (χ2v) is 6.49. The second kappa shape index (κ2) is 5.29. The van der Waals surface area contributed by atoms with Crippen LogP contribution in [0.2, 0.25) is 0 Å². The Morgan fingerprint density at radius 3 is 2.94 bits per heavy atom. The lowest BCUT2D eigenvalue weighted by Gasteiger charge is -2.23. The van der Waals surface area contributed by atoms with E-state index in [0.29, 0.717) is 12.3 Å². The fraction of sp³-hybridized carbons (Fsp3) is 0.545. The first-order chi connectivity index (χ1) is 8.09. The van der Waals surface area contributed by atoms with Gasteiger partial charge >= 0.3 is 0 Å². The topological polar surface area (TPSA) is 49.4 Å². The van der Waals surface area contributed by atoms with Crippen LogP contribution in [0.5, 0.6) is 0 Å². The minimum Gasteiger partial charge on any atom is -0.321 e. The summed E-state index contributed by atoms with van der Waals surface area (Å²) in [6.07, 6.45) is 1.60. The summed E-state index contributed by atoms with van der Waals surface area (Å²) in [6.45, 7) is 2.41. The number of rotatable bonds is 4. The molecule has 1 aromatic heterocycles. The highest BCUT2D eigenvalue weighted by Crippen LogP contribution is 2.26. The fourth-order valence-corrected chi connectivity index (χ4v) is 3.08. The van der Waals surface area contributed by atoms with Crippen LogP contribution in [0.25, 0.3) is 0 Å². The molecule has 17 heavy (non-hydrogen) atoms. The molecule has 0 radical (unpaired) electrons. The number of nitrogens with zero attached hydrogens (tertiary/aromatic N) is 1. The van der Waals surface area contributed by atoms with Gasteiger partial charge in [0, 0.05) is 29.4 Å². The summed E-state index contributed by atoms with van der Waals surface area (Å²) in [4.78, 5) is 13.8. The number of nitrogens with one attached hydrogen (secondary N) is 1. The maximum absolute atomic E-state index is 12.0. The van der Waals surface area contributed by atoms with E-state index < -0.39 is 10.8 Å². The van der Waals surface area contributed by atoms with Crippen molar-refractivity contribution in [3.63, 3.8) is 0 Å². The minimum absolute atomic E-state index is 0.0627. The second-order valence-electron chi connectivity index (χ2n) is 4.16. The maximum Gasteiger partial charge on any atom is 0.241 e. The van der Waals surface area contributed by atoms with E-state index in [2.05, 4.69) is 5.32 Å². The van der Waals surface area contributed by atoms with Crippen molar-refractivity contribution in [2.75, 3.05) is 18.6 Å². The maximum atomic E-state index is 12.0. The number of carbonyl (C=O) groups is 1. The van der Waals surface area contributed by atoms with E-state index >= 15 is 0 Å². The Labute approximate surface area is 107 Å². The van der Waals surface area contributed by atoms with Gasteiger partial charge in [0.05, 0.1) is 6.04 Å².